The molecule has 0 atom stereocenters. The lowest BCUT2D eigenvalue weighted by atomic mass is 10.2. The number of rotatable bonds is 4. The number of hydrogen-bond donors (Lipinski definition) is 1. The lowest BCUT2D eigenvalue weighted by Gasteiger charge is -2.20. The summed E-state index contributed by atoms with van der Waals surface area (Å²) in [6, 6.07) is 8.84. The number of hydrogen-bond acceptors (Lipinski definition) is 4. The summed E-state index contributed by atoms with van der Waals surface area (Å²) in [5.41, 5.74) is 0.959. The maximum absolute atomic E-state index is 11.3. The van der Waals surface area contributed by atoms with Crippen molar-refractivity contribution in [2.45, 2.75) is 0 Å². The fourth-order valence-electron chi connectivity index (χ4n) is 1.78. The molecule has 0 saturated carbocycles. The summed E-state index contributed by atoms with van der Waals surface area (Å²) in [6.45, 7) is 0. The van der Waals surface area contributed by atoms with Gasteiger partial charge in [0.1, 0.15) is 17.1 Å². The van der Waals surface area contributed by atoms with Gasteiger partial charge in [0, 0.05) is 23.4 Å². The molecule has 1 aromatic carbocycles. The number of carboxylic acid groups (broad SMARTS) is 1. The normalized spacial score (nSPS) is 10.2. The van der Waals surface area contributed by atoms with E-state index < -0.39 is 5.97 Å². The molecular formula is C14H13BrN2O3. The molecule has 0 unspecified atom stereocenters. The summed E-state index contributed by atoms with van der Waals surface area (Å²) < 4.78 is 5.72. The first-order valence-electron chi connectivity index (χ1n) is 5.79. The van der Waals surface area contributed by atoms with Crippen LogP contribution in [0.2, 0.25) is 0 Å². The summed E-state index contributed by atoms with van der Waals surface area (Å²) in [7, 11) is 3.36. The van der Waals surface area contributed by atoms with Crippen LogP contribution in [0.4, 0.5) is 11.5 Å². The van der Waals surface area contributed by atoms with Gasteiger partial charge >= 0.3 is 5.97 Å². The van der Waals surface area contributed by atoms with Crippen LogP contribution in [0.1, 0.15) is 10.4 Å². The van der Waals surface area contributed by atoms with Gasteiger partial charge in [-0.1, -0.05) is 0 Å². The highest BCUT2D eigenvalue weighted by Crippen LogP contribution is 2.28. The first kappa shape index (κ1) is 14.3. The highest BCUT2D eigenvalue weighted by molar-refractivity contribution is 9.10. The monoisotopic (exact) mass is 336 g/mol. The average Bonchev–Trinajstić information content (AvgIpc) is 2.46. The van der Waals surface area contributed by atoms with Gasteiger partial charge in [-0.2, -0.15) is 0 Å². The SMILES string of the molecule is COc1ccc(N(C)c2ncc(Br)cc2C(=O)O)cc1. The van der Waals surface area contributed by atoms with Gasteiger partial charge in [0.2, 0.25) is 0 Å². The van der Waals surface area contributed by atoms with E-state index in [2.05, 4.69) is 20.9 Å². The molecule has 0 amide bonds. The molecule has 0 radical (unpaired) electrons. The van der Waals surface area contributed by atoms with E-state index in [1.54, 1.807) is 25.3 Å². The fourth-order valence-corrected chi connectivity index (χ4v) is 2.12. The van der Waals surface area contributed by atoms with Gasteiger partial charge in [0.15, 0.2) is 0 Å². The van der Waals surface area contributed by atoms with Crippen LogP contribution >= 0.6 is 15.9 Å². The van der Waals surface area contributed by atoms with Crippen molar-refractivity contribution in [2.24, 2.45) is 0 Å². The number of carbonyl (C=O) groups is 1. The molecule has 104 valence electrons. The predicted molar refractivity (Wildman–Crippen MR) is 80.0 cm³/mol. The summed E-state index contributed by atoms with van der Waals surface area (Å²) in [5.74, 6) is 0.101. The minimum absolute atomic E-state index is 0.137. The van der Waals surface area contributed by atoms with E-state index in [1.165, 1.54) is 6.07 Å². The molecule has 0 aliphatic carbocycles. The molecule has 0 bridgehead atoms. The average molecular weight is 337 g/mol. The van der Waals surface area contributed by atoms with Crippen LogP contribution < -0.4 is 9.64 Å². The van der Waals surface area contributed by atoms with Gasteiger partial charge < -0.3 is 14.7 Å². The van der Waals surface area contributed by atoms with Crippen molar-refractivity contribution in [1.29, 1.82) is 0 Å². The fraction of sp³-hybridized carbons (Fsp3) is 0.143. The molecule has 1 aromatic heterocycles. The lowest BCUT2D eigenvalue weighted by Crippen LogP contribution is -2.15. The zero-order valence-corrected chi connectivity index (χ0v) is 12.6. The smallest absolute Gasteiger partial charge is 0.339 e. The van der Waals surface area contributed by atoms with Gasteiger partial charge in [0.05, 0.1) is 7.11 Å². The molecule has 0 fully saturated rings. The Labute approximate surface area is 124 Å². The maximum Gasteiger partial charge on any atom is 0.339 e. The van der Waals surface area contributed by atoms with Crippen molar-refractivity contribution in [3.63, 3.8) is 0 Å². The number of methoxy groups -OCH3 is 1. The lowest BCUT2D eigenvalue weighted by molar-refractivity contribution is 0.0697. The van der Waals surface area contributed by atoms with Crippen molar-refractivity contribution < 1.29 is 14.6 Å². The molecular weight excluding hydrogens is 324 g/mol. The van der Waals surface area contributed by atoms with E-state index in [0.29, 0.717) is 10.3 Å². The second-order valence-electron chi connectivity index (χ2n) is 4.09. The second kappa shape index (κ2) is 5.92. The molecule has 1 N–H and O–H groups in total. The number of carboxylic acids is 1. The Morgan fingerprint density at radius 2 is 2.00 bits per heavy atom. The summed E-state index contributed by atoms with van der Waals surface area (Å²) in [6.07, 6.45) is 1.57. The first-order valence-corrected chi connectivity index (χ1v) is 6.59. The third kappa shape index (κ3) is 2.91. The molecule has 2 rings (SSSR count). The van der Waals surface area contributed by atoms with Crippen LogP contribution in [0.3, 0.4) is 0 Å². The van der Waals surface area contributed by atoms with Crippen LogP contribution in [0.15, 0.2) is 41.0 Å². The molecule has 0 aliphatic heterocycles. The van der Waals surface area contributed by atoms with Crippen LogP contribution in [0, 0.1) is 0 Å². The number of pyridine rings is 1. The van der Waals surface area contributed by atoms with Crippen molar-refractivity contribution in [3.8, 4) is 5.75 Å². The molecule has 20 heavy (non-hydrogen) atoms. The van der Waals surface area contributed by atoms with Crippen LogP contribution in [0.25, 0.3) is 0 Å². The minimum atomic E-state index is -1.02. The van der Waals surface area contributed by atoms with Crippen LogP contribution in [-0.4, -0.2) is 30.2 Å². The van der Waals surface area contributed by atoms with Crippen molar-refractivity contribution >= 4 is 33.4 Å². The Hall–Kier alpha value is -2.08. The highest BCUT2D eigenvalue weighted by atomic mass is 79.9. The van der Waals surface area contributed by atoms with E-state index in [1.807, 2.05) is 24.3 Å². The van der Waals surface area contributed by atoms with Crippen molar-refractivity contribution in [2.75, 3.05) is 19.1 Å². The maximum atomic E-state index is 11.3. The summed E-state index contributed by atoms with van der Waals surface area (Å²) in [4.78, 5) is 17.2. The molecule has 0 spiro atoms. The number of nitrogens with zero attached hydrogens (tertiary/aromatic N) is 2. The Kier molecular flexibility index (Phi) is 4.24. The molecule has 5 nitrogen and oxygen atoms in total. The van der Waals surface area contributed by atoms with E-state index in [-0.39, 0.29) is 5.56 Å². The van der Waals surface area contributed by atoms with Crippen LogP contribution in [-0.2, 0) is 0 Å². The van der Waals surface area contributed by atoms with E-state index >= 15 is 0 Å². The van der Waals surface area contributed by atoms with Gasteiger partial charge in [0.25, 0.3) is 0 Å². The van der Waals surface area contributed by atoms with Crippen molar-refractivity contribution in [1.82, 2.24) is 4.98 Å². The summed E-state index contributed by atoms with van der Waals surface area (Å²) in [5, 5.41) is 9.26. The largest absolute Gasteiger partial charge is 0.497 e. The van der Waals surface area contributed by atoms with E-state index in [4.69, 9.17) is 4.74 Å². The standard InChI is InChI=1S/C14H13BrN2O3/c1-17(10-3-5-11(20-2)6-4-10)13-12(14(18)19)7-9(15)8-16-13/h3-8H,1-2H3,(H,18,19). The molecule has 0 aliphatic rings. The highest BCUT2D eigenvalue weighted by Gasteiger charge is 2.16. The zero-order chi connectivity index (χ0) is 14.7. The molecule has 0 saturated heterocycles. The van der Waals surface area contributed by atoms with Gasteiger partial charge in [-0.3, -0.25) is 0 Å². The topological polar surface area (TPSA) is 62.7 Å². The molecule has 6 heteroatoms. The Morgan fingerprint density at radius 1 is 1.35 bits per heavy atom. The number of benzene rings is 1. The Morgan fingerprint density at radius 3 is 2.55 bits per heavy atom. The van der Waals surface area contributed by atoms with E-state index in [9.17, 15) is 9.90 Å². The predicted octanol–water partition coefficient (Wildman–Crippen LogP) is 3.32. The quantitative estimate of drug-likeness (QED) is 0.927. The number of anilines is 2. The Bertz CT molecular complexity index is 629. The number of halogens is 1. The molecule has 1 heterocycles. The van der Waals surface area contributed by atoms with E-state index in [0.717, 1.165) is 11.4 Å². The zero-order valence-electron chi connectivity index (χ0n) is 11.0. The number of ether oxygens (including phenoxy) is 1. The van der Waals surface area contributed by atoms with Crippen LogP contribution in [0.5, 0.6) is 5.75 Å². The molecule has 2 aromatic rings. The third-order valence-electron chi connectivity index (χ3n) is 2.84. The first-order chi connectivity index (χ1) is 9.52. The van der Waals surface area contributed by atoms with Gasteiger partial charge in [-0.15, -0.1) is 0 Å². The number of aromatic carboxylic acids is 1. The third-order valence-corrected chi connectivity index (χ3v) is 3.27. The second-order valence-corrected chi connectivity index (χ2v) is 5.00. The van der Waals surface area contributed by atoms with Gasteiger partial charge in [-0.05, 0) is 46.3 Å². The Balaban J connectivity index is 2.41. The van der Waals surface area contributed by atoms with Crippen molar-refractivity contribution in [3.05, 3.63) is 46.6 Å². The number of aromatic nitrogens is 1. The minimum Gasteiger partial charge on any atom is -0.497 e. The summed E-state index contributed by atoms with van der Waals surface area (Å²) >= 11 is 3.23. The van der Waals surface area contributed by atoms with Gasteiger partial charge in [-0.25, -0.2) is 9.78 Å².